The fourth-order valence-corrected chi connectivity index (χ4v) is 2.58. The first-order valence-electron chi connectivity index (χ1n) is 8.50. The molecule has 0 aromatic heterocycles. The molecule has 0 unspecified atom stereocenters. The molecule has 0 bridgehead atoms. The number of nitro benzene ring substituents is 1. The highest BCUT2D eigenvalue weighted by Gasteiger charge is 2.16. The monoisotopic (exact) mass is 375 g/mol. The molecule has 0 spiro atoms. The number of rotatable bonds is 7. The van der Waals surface area contributed by atoms with Crippen molar-refractivity contribution in [2.24, 2.45) is 0 Å². The summed E-state index contributed by atoms with van der Waals surface area (Å²) in [6.45, 7) is 0.211. The van der Waals surface area contributed by atoms with E-state index in [1.54, 1.807) is 18.2 Å². The van der Waals surface area contributed by atoms with Crippen LogP contribution in [0.1, 0.15) is 21.5 Å². The smallest absolute Gasteiger partial charge is 0.311 e. The van der Waals surface area contributed by atoms with E-state index in [-0.39, 0.29) is 29.4 Å². The molecule has 28 heavy (non-hydrogen) atoms. The second-order valence-electron chi connectivity index (χ2n) is 5.97. The maximum Gasteiger partial charge on any atom is 0.311 e. The molecule has 0 saturated carbocycles. The number of ketones is 1. The number of para-hydroxylation sites is 1. The number of aromatic hydroxyl groups is 1. The van der Waals surface area contributed by atoms with Gasteiger partial charge in [0.15, 0.2) is 11.5 Å². The van der Waals surface area contributed by atoms with E-state index in [0.29, 0.717) is 5.56 Å². The molecule has 3 aromatic carbocycles. The van der Waals surface area contributed by atoms with Crippen LogP contribution in [0.3, 0.4) is 0 Å². The zero-order chi connectivity index (χ0) is 19.9. The van der Waals surface area contributed by atoms with Crippen LogP contribution in [-0.2, 0) is 6.61 Å². The van der Waals surface area contributed by atoms with E-state index in [2.05, 4.69) is 0 Å². The summed E-state index contributed by atoms with van der Waals surface area (Å²) in [7, 11) is 0. The van der Waals surface area contributed by atoms with Crippen LogP contribution >= 0.6 is 0 Å². The summed E-state index contributed by atoms with van der Waals surface area (Å²) in [5, 5.41) is 21.1. The van der Waals surface area contributed by atoms with E-state index >= 15 is 0 Å². The standard InChI is InChI=1S/C22H17NO5/c24-20-9-5-4-8-18(20)21(25)12-10-16-11-13-22(19(14-16)23(26)27)28-15-17-6-2-1-3-7-17/h1-14,24H,15H2/b12-10+. The fraction of sp³-hybridized carbons (Fsp3) is 0.0455. The maximum atomic E-state index is 12.2. The van der Waals surface area contributed by atoms with Gasteiger partial charge in [-0.05, 0) is 35.4 Å². The minimum atomic E-state index is -0.525. The number of allylic oxidation sites excluding steroid dienone is 1. The van der Waals surface area contributed by atoms with Gasteiger partial charge >= 0.3 is 5.69 Å². The van der Waals surface area contributed by atoms with Crippen LogP contribution < -0.4 is 4.74 Å². The lowest BCUT2D eigenvalue weighted by Gasteiger charge is -2.07. The Morgan fingerprint density at radius 1 is 1.04 bits per heavy atom. The largest absolute Gasteiger partial charge is 0.507 e. The average Bonchev–Trinajstić information content (AvgIpc) is 2.71. The Labute approximate surface area is 161 Å². The summed E-state index contributed by atoms with van der Waals surface area (Å²) >= 11 is 0. The predicted molar refractivity (Wildman–Crippen MR) is 105 cm³/mol. The quantitative estimate of drug-likeness (QED) is 0.278. The van der Waals surface area contributed by atoms with Crippen LogP contribution in [0.2, 0.25) is 0 Å². The van der Waals surface area contributed by atoms with Gasteiger partial charge in [0.05, 0.1) is 10.5 Å². The fourth-order valence-electron chi connectivity index (χ4n) is 2.58. The predicted octanol–water partition coefficient (Wildman–Crippen LogP) is 4.78. The molecule has 0 atom stereocenters. The number of nitro groups is 1. The molecule has 0 radical (unpaired) electrons. The summed E-state index contributed by atoms with van der Waals surface area (Å²) in [6, 6.07) is 20.0. The zero-order valence-corrected chi connectivity index (χ0v) is 14.8. The number of hydrogen-bond acceptors (Lipinski definition) is 5. The number of hydrogen-bond donors (Lipinski definition) is 1. The summed E-state index contributed by atoms with van der Waals surface area (Å²) < 4.78 is 5.58. The van der Waals surface area contributed by atoms with Crippen molar-refractivity contribution in [1.29, 1.82) is 0 Å². The van der Waals surface area contributed by atoms with Crippen LogP contribution in [0, 0.1) is 10.1 Å². The van der Waals surface area contributed by atoms with Crippen molar-refractivity contribution in [1.82, 2.24) is 0 Å². The Morgan fingerprint density at radius 3 is 2.46 bits per heavy atom. The number of benzene rings is 3. The molecule has 3 aromatic rings. The SMILES string of the molecule is O=C(/C=C/c1ccc(OCc2ccccc2)c([N+](=O)[O-])c1)c1ccccc1O. The number of phenolic OH excluding ortho intramolecular Hbond substituents is 1. The van der Waals surface area contributed by atoms with Crippen LogP contribution in [0.25, 0.3) is 6.08 Å². The molecule has 0 amide bonds. The molecule has 140 valence electrons. The van der Waals surface area contributed by atoms with Gasteiger partial charge in [-0.2, -0.15) is 0 Å². The molecule has 0 aliphatic rings. The van der Waals surface area contributed by atoms with Gasteiger partial charge in [-0.15, -0.1) is 0 Å². The molecule has 0 fully saturated rings. The highest BCUT2D eigenvalue weighted by molar-refractivity contribution is 6.08. The number of phenols is 1. The van der Waals surface area contributed by atoms with E-state index in [9.17, 15) is 20.0 Å². The molecular formula is C22H17NO5. The molecule has 1 N–H and O–H groups in total. The van der Waals surface area contributed by atoms with Crippen molar-refractivity contribution in [3.63, 3.8) is 0 Å². The number of carbonyl (C=O) groups is 1. The van der Waals surface area contributed by atoms with Gasteiger partial charge in [0, 0.05) is 6.07 Å². The van der Waals surface area contributed by atoms with E-state index in [1.807, 2.05) is 30.3 Å². The van der Waals surface area contributed by atoms with Crippen LogP contribution in [-0.4, -0.2) is 15.8 Å². The van der Waals surface area contributed by atoms with Gasteiger partial charge in [0.2, 0.25) is 0 Å². The Morgan fingerprint density at radius 2 is 1.75 bits per heavy atom. The van der Waals surface area contributed by atoms with Gasteiger partial charge in [0.25, 0.3) is 0 Å². The van der Waals surface area contributed by atoms with E-state index in [0.717, 1.165) is 5.56 Å². The zero-order valence-electron chi connectivity index (χ0n) is 14.8. The molecule has 6 nitrogen and oxygen atoms in total. The summed E-state index contributed by atoms with van der Waals surface area (Å²) in [5.41, 5.74) is 1.35. The topological polar surface area (TPSA) is 89.7 Å². The normalized spacial score (nSPS) is 10.7. The molecule has 0 aliphatic heterocycles. The van der Waals surface area contributed by atoms with Crippen molar-refractivity contribution in [2.75, 3.05) is 0 Å². The van der Waals surface area contributed by atoms with Gasteiger partial charge in [-0.3, -0.25) is 14.9 Å². The number of ether oxygens (including phenoxy) is 1. The van der Waals surface area contributed by atoms with Crippen LogP contribution in [0.4, 0.5) is 5.69 Å². The van der Waals surface area contributed by atoms with Gasteiger partial charge in [-0.1, -0.05) is 54.6 Å². The molecular weight excluding hydrogens is 358 g/mol. The third-order valence-electron chi connectivity index (χ3n) is 4.01. The van der Waals surface area contributed by atoms with Gasteiger partial charge < -0.3 is 9.84 Å². The second-order valence-corrected chi connectivity index (χ2v) is 5.97. The van der Waals surface area contributed by atoms with Crippen molar-refractivity contribution >= 4 is 17.5 Å². The third-order valence-corrected chi connectivity index (χ3v) is 4.01. The first-order chi connectivity index (χ1) is 13.5. The summed E-state index contributed by atoms with van der Waals surface area (Å²) in [5.74, 6) is -0.365. The van der Waals surface area contributed by atoms with Crippen LogP contribution in [0.15, 0.2) is 78.9 Å². The lowest BCUT2D eigenvalue weighted by Crippen LogP contribution is -1.99. The first kappa shape index (κ1) is 18.8. The Kier molecular flexibility index (Phi) is 5.81. The van der Waals surface area contributed by atoms with E-state index < -0.39 is 10.7 Å². The second kappa shape index (κ2) is 8.64. The third kappa shape index (κ3) is 4.62. The Balaban J connectivity index is 1.77. The lowest BCUT2D eigenvalue weighted by atomic mass is 10.1. The van der Waals surface area contributed by atoms with E-state index in [1.165, 1.54) is 36.4 Å². The molecule has 3 rings (SSSR count). The highest BCUT2D eigenvalue weighted by Crippen LogP contribution is 2.29. The van der Waals surface area contributed by atoms with Gasteiger partial charge in [-0.25, -0.2) is 0 Å². The Hall–Kier alpha value is -3.93. The minimum absolute atomic E-state index is 0.118. The van der Waals surface area contributed by atoms with Crippen molar-refractivity contribution in [3.05, 3.63) is 106 Å². The van der Waals surface area contributed by atoms with Crippen molar-refractivity contribution in [2.45, 2.75) is 6.61 Å². The summed E-state index contributed by atoms with van der Waals surface area (Å²) in [4.78, 5) is 23.0. The number of carbonyl (C=O) groups excluding carboxylic acids is 1. The molecule has 6 heteroatoms. The molecule has 0 saturated heterocycles. The van der Waals surface area contributed by atoms with Crippen LogP contribution in [0.5, 0.6) is 11.5 Å². The van der Waals surface area contributed by atoms with Crippen molar-refractivity contribution in [3.8, 4) is 11.5 Å². The average molecular weight is 375 g/mol. The minimum Gasteiger partial charge on any atom is -0.507 e. The lowest BCUT2D eigenvalue weighted by molar-refractivity contribution is -0.386. The molecule has 0 aliphatic carbocycles. The van der Waals surface area contributed by atoms with Gasteiger partial charge in [0.1, 0.15) is 12.4 Å². The first-order valence-corrected chi connectivity index (χ1v) is 8.50. The highest BCUT2D eigenvalue weighted by atomic mass is 16.6. The van der Waals surface area contributed by atoms with Crippen molar-refractivity contribution < 1.29 is 19.6 Å². The summed E-state index contributed by atoms with van der Waals surface area (Å²) in [6.07, 6.45) is 2.72. The molecule has 0 heterocycles. The van der Waals surface area contributed by atoms with E-state index in [4.69, 9.17) is 4.74 Å². The Bertz CT molecular complexity index is 1030. The maximum absolute atomic E-state index is 12.2. The number of nitrogens with zero attached hydrogens (tertiary/aromatic N) is 1.